The summed E-state index contributed by atoms with van der Waals surface area (Å²) in [5.74, 6) is 0.238. The van der Waals surface area contributed by atoms with E-state index >= 15 is 0 Å². The smallest absolute Gasteiger partial charge is 0.230 e. The molecule has 0 saturated carbocycles. The van der Waals surface area contributed by atoms with Gasteiger partial charge in [0.2, 0.25) is 5.88 Å². The summed E-state index contributed by atoms with van der Waals surface area (Å²) in [6.07, 6.45) is 1.71. The third-order valence-corrected chi connectivity index (χ3v) is 4.11. The first-order chi connectivity index (χ1) is 9.16. The Morgan fingerprint density at radius 1 is 1.21 bits per heavy atom. The molecule has 0 aliphatic heterocycles. The van der Waals surface area contributed by atoms with Gasteiger partial charge in [0.25, 0.3) is 0 Å². The van der Waals surface area contributed by atoms with Crippen molar-refractivity contribution in [1.82, 2.24) is 10.1 Å². The van der Waals surface area contributed by atoms with Gasteiger partial charge in [-0.2, -0.15) is 0 Å². The Morgan fingerprint density at radius 3 is 2.74 bits per heavy atom. The predicted molar refractivity (Wildman–Crippen MR) is 77.5 cm³/mol. The maximum Gasteiger partial charge on any atom is 0.230 e. The normalized spacial score (nSPS) is 10.8. The molecule has 7 heteroatoms. The molecular weight excluding hydrogens is 305 g/mol. The molecule has 0 aliphatic rings. The van der Waals surface area contributed by atoms with Crippen molar-refractivity contribution in [2.24, 2.45) is 0 Å². The fraction of sp³-hybridized carbons (Fsp3) is 0. The van der Waals surface area contributed by atoms with Crippen LogP contribution in [0, 0.1) is 0 Å². The van der Waals surface area contributed by atoms with Crippen LogP contribution >= 0.6 is 34.5 Å². The highest BCUT2D eigenvalue weighted by Gasteiger charge is 2.19. The van der Waals surface area contributed by atoms with Crippen molar-refractivity contribution >= 4 is 40.4 Å². The van der Waals surface area contributed by atoms with E-state index in [2.05, 4.69) is 10.1 Å². The summed E-state index contributed by atoms with van der Waals surface area (Å²) < 4.78 is 5.07. The van der Waals surface area contributed by atoms with Crippen LogP contribution in [-0.2, 0) is 0 Å². The van der Waals surface area contributed by atoms with Crippen LogP contribution in [0.15, 0.2) is 34.4 Å². The highest BCUT2D eigenvalue weighted by molar-refractivity contribution is 7.13. The second-order valence-electron chi connectivity index (χ2n) is 3.77. The number of aromatic nitrogens is 2. The van der Waals surface area contributed by atoms with Gasteiger partial charge in [0.15, 0.2) is 0 Å². The van der Waals surface area contributed by atoms with Crippen molar-refractivity contribution in [3.63, 3.8) is 0 Å². The highest BCUT2D eigenvalue weighted by atomic mass is 35.5. The Morgan fingerprint density at radius 2 is 2.05 bits per heavy atom. The lowest BCUT2D eigenvalue weighted by Gasteiger charge is -2.03. The van der Waals surface area contributed by atoms with E-state index in [4.69, 9.17) is 33.5 Å². The summed E-state index contributed by atoms with van der Waals surface area (Å²) in [7, 11) is 0. The molecule has 2 heterocycles. The molecule has 0 radical (unpaired) electrons. The first-order valence-electron chi connectivity index (χ1n) is 5.26. The van der Waals surface area contributed by atoms with E-state index in [-0.39, 0.29) is 5.88 Å². The Balaban J connectivity index is 2.19. The minimum absolute atomic E-state index is 0.238. The number of nitrogens with two attached hydrogens (primary N) is 1. The Bertz CT molecular complexity index is 725. The maximum atomic E-state index is 6.03. The maximum absolute atomic E-state index is 6.03. The van der Waals surface area contributed by atoms with E-state index in [0.717, 1.165) is 10.4 Å². The number of anilines is 1. The molecule has 0 saturated heterocycles. The average molecular weight is 312 g/mol. The zero-order valence-corrected chi connectivity index (χ0v) is 11.8. The number of nitrogen functional groups attached to an aromatic ring is 1. The molecular formula is C12H7Cl2N3OS. The fourth-order valence-electron chi connectivity index (χ4n) is 1.73. The van der Waals surface area contributed by atoms with Gasteiger partial charge in [-0.1, -0.05) is 34.4 Å². The predicted octanol–water partition coefficient (Wildman–Crippen LogP) is 4.35. The number of rotatable bonds is 2. The first-order valence-corrected chi connectivity index (χ1v) is 6.90. The second-order valence-corrected chi connectivity index (χ2v) is 5.47. The molecule has 4 nitrogen and oxygen atoms in total. The Kier molecular flexibility index (Phi) is 3.18. The molecule has 0 spiro atoms. The molecule has 19 heavy (non-hydrogen) atoms. The Hall–Kier alpha value is -1.56. The van der Waals surface area contributed by atoms with Gasteiger partial charge in [-0.3, -0.25) is 4.98 Å². The molecule has 3 rings (SSSR count). The van der Waals surface area contributed by atoms with Crippen LogP contribution in [0.5, 0.6) is 0 Å². The van der Waals surface area contributed by atoms with E-state index in [0.29, 0.717) is 21.3 Å². The molecule has 0 unspecified atom stereocenters. The van der Waals surface area contributed by atoms with Gasteiger partial charge >= 0.3 is 0 Å². The van der Waals surface area contributed by atoms with E-state index < -0.39 is 0 Å². The summed E-state index contributed by atoms with van der Waals surface area (Å²) in [6, 6.07) is 5.26. The van der Waals surface area contributed by atoms with Crippen LogP contribution in [0.3, 0.4) is 0 Å². The van der Waals surface area contributed by atoms with Crippen molar-refractivity contribution in [1.29, 1.82) is 0 Å². The summed E-state index contributed by atoms with van der Waals surface area (Å²) in [5.41, 5.74) is 9.72. The van der Waals surface area contributed by atoms with Crippen molar-refractivity contribution in [3.8, 4) is 21.7 Å². The third kappa shape index (κ3) is 2.20. The van der Waals surface area contributed by atoms with Crippen molar-refractivity contribution in [2.75, 3.05) is 5.73 Å². The molecule has 3 aromatic rings. The lowest BCUT2D eigenvalue weighted by molar-refractivity contribution is 0.439. The molecule has 0 bridgehead atoms. The van der Waals surface area contributed by atoms with Crippen molar-refractivity contribution in [2.45, 2.75) is 0 Å². The van der Waals surface area contributed by atoms with Gasteiger partial charge in [-0.25, -0.2) is 0 Å². The number of hydrogen-bond acceptors (Lipinski definition) is 5. The number of thiazole rings is 1. The summed E-state index contributed by atoms with van der Waals surface area (Å²) in [6.45, 7) is 0. The van der Waals surface area contributed by atoms with Crippen molar-refractivity contribution < 1.29 is 4.52 Å². The lowest BCUT2D eigenvalue weighted by atomic mass is 10.1. The van der Waals surface area contributed by atoms with Gasteiger partial charge in [-0.05, 0) is 17.7 Å². The number of hydrogen-bond donors (Lipinski definition) is 1. The van der Waals surface area contributed by atoms with E-state index in [1.807, 2.05) is 6.07 Å². The van der Waals surface area contributed by atoms with Crippen LogP contribution < -0.4 is 5.73 Å². The molecule has 0 amide bonds. The zero-order chi connectivity index (χ0) is 13.4. The molecule has 96 valence electrons. The highest BCUT2D eigenvalue weighted by Crippen LogP contribution is 2.39. The van der Waals surface area contributed by atoms with Gasteiger partial charge < -0.3 is 10.3 Å². The standard InChI is InChI=1S/C12H7Cl2N3OS/c13-7-2-1-6(3-8(7)14)10-11(17-18-12(10)15)9-4-16-5-19-9/h1-5H,15H2. The van der Waals surface area contributed by atoms with E-state index in [9.17, 15) is 0 Å². The number of halogens is 2. The number of benzene rings is 1. The average Bonchev–Trinajstić information content (AvgIpc) is 3.01. The third-order valence-electron chi connectivity index (χ3n) is 2.59. The largest absolute Gasteiger partial charge is 0.367 e. The van der Waals surface area contributed by atoms with E-state index in [1.165, 1.54) is 11.3 Å². The van der Waals surface area contributed by atoms with Gasteiger partial charge in [0.1, 0.15) is 5.69 Å². The first kappa shape index (κ1) is 12.5. The molecule has 1 aromatic carbocycles. The topological polar surface area (TPSA) is 64.9 Å². The summed E-state index contributed by atoms with van der Waals surface area (Å²) in [5, 5.41) is 4.92. The van der Waals surface area contributed by atoms with Gasteiger partial charge in [-0.15, -0.1) is 11.3 Å². The zero-order valence-electron chi connectivity index (χ0n) is 9.43. The number of nitrogens with zero attached hydrogens (tertiary/aromatic N) is 2. The molecule has 2 aromatic heterocycles. The van der Waals surface area contributed by atoms with Crippen LogP contribution in [-0.4, -0.2) is 10.1 Å². The second kappa shape index (κ2) is 4.85. The lowest BCUT2D eigenvalue weighted by Crippen LogP contribution is -1.87. The minimum atomic E-state index is 0.238. The molecule has 0 atom stereocenters. The monoisotopic (exact) mass is 311 g/mol. The SMILES string of the molecule is Nc1onc(-c2cncs2)c1-c1ccc(Cl)c(Cl)c1. The van der Waals surface area contributed by atoms with Crippen LogP contribution in [0.1, 0.15) is 0 Å². The minimum Gasteiger partial charge on any atom is -0.367 e. The van der Waals surface area contributed by atoms with Crippen LogP contribution in [0.4, 0.5) is 5.88 Å². The molecule has 0 aliphatic carbocycles. The van der Waals surface area contributed by atoms with Gasteiger partial charge in [0.05, 0.1) is 26.0 Å². The van der Waals surface area contributed by atoms with Gasteiger partial charge in [0, 0.05) is 6.20 Å². The van der Waals surface area contributed by atoms with E-state index in [1.54, 1.807) is 23.8 Å². The van der Waals surface area contributed by atoms with Crippen LogP contribution in [0.2, 0.25) is 10.0 Å². The quantitative estimate of drug-likeness (QED) is 0.764. The molecule has 0 fully saturated rings. The Labute approximate surface area is 122 Å². The molecule has 2 N–H and O–H groups in total. The summed E-state index contributed by atoms with van der Waals surface area (Å²) >= 11 is 13.4. The van der Waals surface area contributed by atoms with Crippen LogP contribution in [0.25, 0.3) is 21.7 Å². The summed E-state index contributed by atoms with van der Waals surface area (Å²) in [4.78, 5) is 4.90. The van der Waals surface area contributed by atoms with Crippen molar-refractivity contribution in [3.05, 3.63) is 40.0 Å². The fourth-order valence-corrected chi connectivity index (χ4v) is 2.64.